The van der Waals surface area contributed by atoms with Crippen molar-refractivity contribution in [3.8, 4) is 11.5 Å². The lowest BCUT2D eigenvalue weighted by Crippen LogP contribution is -2.29. The fourth-order valence-corrected chi connectivity index (χ4v) is 2.17. The van der Waals surface area contributed by atoms with Crippen LogP contribution in [0.25, 0.3) is 0 Å². The van der Waals surface area contributed by atoms with Gasteiger partial charge in [0, 0.05) is 6.04 Å². The van der Waals surface area contributed by atoms with E-state index in [1.165, 1.54) is 12.8 Å². The van der Waals surface area contributed by atoms with Crippen LogP contribution in [-0.2, 0) is 0 Å². The first-order chi connectivity index (χ1) is 11.7. The lowest BCUT2D eigenvalue weighted by Gasteiger charge is -2.09. The minimum atomic E-state index is -0.201. The van der Waals surface area contributed by atoms with Crippen LogP contribution in [0.15, 0.2) is 42.5 Å². The first kappa shape index (κ1) is 16.1. The van der Waals surface area contributed by atoms with E-state index in [9.17, 15) is 4.79 Å². The second-order valence-corrected chi connectivity index (χ2v) is 5.61. The van der Waals surface area contributed by atoms with E-state index >= 15 is 0 Å². The molecular formula is C18H21N3O3. The Labute approximate surface area is 141 Å². The summed E-state index contributed by atoms with van der Waals surface area (Å²) in [5.41, 5.74) is 0.407. The molecule has 0 unspecified atom stereocenters. The van der Waals surface area contributed by atoms with E-state index < -0.39 is 0 Å². The number of ether oxygens (including phenoxy) is 2. The first-order valence-corrected chi connectivity index (χ1v) is 8.03. The standard InChI is InChI=1S/C18H21N3O3/c1-23-14-7-9-15(10-8-14)24-12-11-19-18(22)16-3-2-4-17(21-16)20-13-5-6-13/h2-4,7-10,13H,5-6,11-12H2,1H3,(H,19,22)(H,20,21). The monoisotopic (exact) mass is 327 g/mol. The van der Waals surface area contributed by atoms with Gasteiger partial charge in [0.15, 0.2) is 0 Å². The van der Waals surface area contributed by atoms with Crippen LogP contribution in [0.5, 0.6) is 11.5 Å². The molecule has 0 spiro atoms. The Kier molecular flexibility index (Phi) is 5.15. The van der Waals surface area contributed by atoms with E-state index in [-0.39, 0.29) is 5.91 Å². The van der Waals surface area contributed by atoms with E-state index in [1.807, 2.05) is 36.4 Å². The SMILES string of the molecule is COc1ccc(OCCNC(=O)c2cccc(NC3CC3)n2)cc1. The lowest BCUT2D eigenvalue weighted by molar-refractivity contribution is 0.0942. The van der Waals surface area contributed by atoms with E-state index in [4.69, 9.17) is 9.47 Å². The van der Waals surface area contributed by atoms with Gasteiger partial charge in [-0.05, 0) is 49.2 Å². The third kappa shape index (κ3) is 4.62. The van der Waals surface area contributed by atoms with Gasteiger partial charge in [-0.3, -0.25) is 4.79 Å². The number of nitrogens with zero attached hydrogens (tertiary/aromatic N) is 1. The molecule has 1 amide bonds. The molecule has 6 heteroatoms. The van der Waals surface area contributed by atoms with Crippen LogP contribution in [0.2, 0.25) is 0 Å². The second kappa shape index (κ2) is 7.68. The molecule has 3 rings (SSSR count). The topological polar surface area (TPSA) is 72.5 Å². The highest BCUT2D eigenvalue weighted by atomic mass is 16.5. The van der Waals surface area contributed by atoms with Crippen molar-refractivity contribution >= 4 is 11.7 Å². The Morgan fingerprint density at radius 2 is 1.92 bits per heavy atom. The molecule has 0 saturated heterocycles. The molecule has 6 nitrogen and oxygen atoms in total. The van der Waals surface area contributed by atoms with Crippen molar-refractivity contribution in [2.45, 2.75) is 18.9 Å². The van der Waals surface area contributed by atoms with E-state index in [2.05, 4.69) is 15.6 Å². The van der Waals surface area contributed by atoms with Gasteiger partial charge >= 0.3 is 0 Å². The van der Waals surface area contributed by atoms with Crippen molar-refractivity contribution in [1.29, 1.82) is 0 Å². The Morgan fingerprint density at radius 3 is 2.62 bits per heavy atom. The predicted molar refractivity (Wildman–Crippen MR) is 91.7 cm³/mol. The van der Waals surface area contributed by atoms with Crippen molar-refractivity contribution in [3.63, 3.8) is 0 Å². The van der Waals surface area contributed by atoms with Gasteiger partial charge in [0.1, 0.15) is 29.6 Å². The largest absolute Gasteiger partial charge is 0.497 e. The van der Waals surface area contributed by atoms with Crippen LogP contribution in [0, 0.1) is 0 Å². The average Bonchev–Trinajstić information content (AvgIpc) is 3.43. The Bertz CT molecular complexity index is 684. The normalized spacial score (nSPS) is 13.2. The minimum absolute atomic E-state index is 0.201. The van der Waals surface area contributed by atoms with Gasteiger partial charge in [-0.15, -0.1) is 0 Å². The number of hydrogen-bond donors (Lipinski definition) is 2. The number of anilines is 1. The molecule has 126 valence electrons. The number of hydrogen-bond acceptors (Lipinski definition) is 5. The number of carbonyl (C=O) groups excluding carboxylic acids is 1. The predicted octanol–water partition coefficient (Wildman–Crippen LogP) is 2.47. The summed E-state index contributed by atoms with van der Waals surface area (Å²) in [6.45, 7) is 0.797. The third-order valence-electron chi connectivity index (χ3n) is 3.63. The zero-order valence-corrected chi connectivity index (χ0v) is 13.6. The van der Waals surface area contributed by atoms with Gasteiger partial charge in [0.25, 0.3) is 5.91 Å². The highest BCUT2D eigenvalue weighted by Crippen LogP contribution is 2.23. The summed E-state index contributed by atoms with van der Waals surface area (Å²) >= 11 is 0. The maximum absolute atomic E-state index is 12.1. The maximum atomic E-state index is 12.1. The van der Waals surface area contributed by atoms with Gasteiger partial charge < -0.3 is 20.1 Å². The van der Waals surface area contributed by atoms with Crippen molar-refractivity contribution in [1.82, 2.24) is 10.3 Å². The van der Waals surface area contributed by atoms with Crippen LogP contribution in [-0.4, -0.2) is 37.2 Å². The Balaban J connectivity index is 1.43. The molecule has 1 aliphatic rings. The van der Waals surface area contributed by atoms with E-state index in [0.717, 1.165) is 17.3 Å². The van der Waals surface area contributed by atoms with E-state index in [1.54, 1.807) is 13.2 Å². The van der Waals surface area contributed by atoms with Crippen LogP contribution < -0.4 is 20.1 Å². The molecule has 1 saturated carbocycles. The molecule has 0 aliphatic heterocycles. The Hall–Kier alpha value is -2.76. The van der Waals surface area contributed by atoms with Crippen molar-refractivity contribution in [2.75, 3.05) is 25.6 Å². The van der Waals surface area contributed by atoms with Gasteiger partial charge in [0.2, 0.25) is 0 Å². The lowest BCUT2D eigenvalue weighted by atomic mass is 10.3. The van der Waals surface area contributed by atoms with Crippen LogP contribution in [0.3, 0.4) is 0 Å². The number of methoxy groups -OCH3 is 1. The zero-order chi connectivity index (χ0) is 16.8. The fraction of sp³-hybridized carbons (Fsp3) is 0.333. The number of carbonyl (C=O) groups is 1. The highest BCUT2D eigenvalue weighted by molar-refractivity contribution is 5.92. The fourth-order valence-electron chi connectivity index (χ4n) is 2.17. The summed E-state index contributed by atoms with van der Waals surface area (Å²) in [6.07, 6.45) is 2.33. The average molecular weight is 327 g/mol. The van der Waals surface area contributed by atoms with Crippen LogP contribution in [0.1, 0.15) is 23.3 Å². The molecule has 0 bridgehead atoms. The molecule has 1 aliphatic carbocycles. The molecule has 24 heavy (non-hydrogen) atoms. The smallest absolute Gasteiger partial charge is 0.270 e. The number of nitrogens with one attached hydrogen (secondary N) is 2. The molecule has 1 aromatic carbocycles. The summed E-state index contributed by atoms with van der Waals surface area (Å²) < 4.78 is 10.7. The van der Waals surface area contributed by atoms with Gasteiger partial charge in [-0.2, -0.15) is 0 Å². The van der Waals surface area contributed by atoms with Crippen LogP contribution in [0.4, 0.5) is 5.82 Å². The quantitative estimate of drug-likeness (QED) is 0.729. The number of benzene rings is 1. The molecule has 1 aromatic heterocycles. The molecule has 1 heterocycles. The molecule has 2 N–H and O–H groups in total. The maximum Gasteiger partial charge on any atom is 0.270 e. The summed E-state index contributed by atoms with van der Waals surface area (Å²) in [7, 11) is 1.62. The molecule has 0 radical (unpaired) electrons. The van der Waals surface area contributed by atoms with Crippen LogP contribution >= 0.6 is 0 Å². The summed E-state index contributed by atoms with van der Waals surface area (Å²) in [6, 6.07) is 13.2. The molecule has 2 aromatic rings. The zero-order valence-electron chi connectivity index (χ0n) is 13.6. The van der Waals surface area contributed by atoms with Gasteiger partial charge in [0.05, 0.1) is 13.7 Å². The van der Waals surface area contributed by atoms with Crippen molar-refractivity contribution in [3.05, 3.63) is 48.2 Å². The number of rotatable bonds is 8. The van der Waals surface area contributed by atoms with Gasteiger partial charge in [-0.25, -0.2) is 4.98 Å². The van der Waals surface area contributed by atoms with Crippen molar-refractivity contribution < 1.29 is 14.3 Å². The second-order valence-electron chi connectivity index (χ2n) is 5.61. The minimum Gasteiger partial charge on any atom is -0.497 e. The van der Waals surface area contributed by atoms with E-state index in [0.29, 0.717) is 24.9 Å². The number of aromatic nitrogens is 1. The van der Waals surface area contributed by atoms with Gasteiger partial charge in [-0.1, -0.05) is 6.07 Å². The number of amides is 1. The highest BCUT2D eigenvalue weighted by Gasteiger charge is 2.21. The summed E-state index contributed by atoms with van der Waals surface area (Å²) in [5.74, 6) is 2.06. The first-order valence-electron chi connectivity index (χ1n) is 8.03. The Morgan fingerprint density at radius 1 is 1.17 bits per heavy atom. The van der Waals surface area contributed by atoms with Crippen molar-refractivity contribution in [2.24, 2.45) is 0 Å². The third-order valence-corrected chi connectivity index (χ3v) is 3.63. The number of pyridine rings is 1. The summed E-state index contributed by atoms with van der Waals surface area (Å²) in [5, 5.41) is 6.09. The molecule has 0 atom stereocenters. The molecular weight excluding hydrogens is 306 g/mol. The summed E-state index contributed by atoms with van der Waals surface area (Å²) in [4.78, 5) is 16.5. The molecule has 1 fully saturated rings.